The maximum atomic E-state index is 13.3. The molecule has 8 heteroatoms. The molecule has 4 aromatic rings. The number of amides is 1. The van der Waals surface area contributed by atoms with Crippen molar-refractivity contribution in [3.8, 4) is 11.4 Å². The standard InChI is InChI=1S/C27H29N5O2S/c1-20-24(13-18-34-20)25-28-29-27(32(25)19-22-9-5-3-6-10-22)35-21(2)26(33)31-16-14-30(15-17-31)23-11-7-4-8-12-23/h3-13,18,21H,14-17,19H2,1-2H3/t21-/m1/s1. The number of hydrogen-bond donors (Lipinski definition) is 0. The molecule has 1 atom stereocenters. The second-order valence-electron chi connectivity index (χ2n) is 8.68. The number of rotatable bonds is 7. The van der Waals surface area contributed by atoms with E-state index in [1.54, 1.807) is 6.26 Å². The molecule has 1 fully saturated rings. The van der Waals surface area contributed by atoms with Gasteiger partial charge >= 0.3 is 0 Å². The van der Waals surface area contributed by atoms with Crippen molar-refractivity contribution in [2.24, 2.45) is 0 Å². The van der Waals surface area contributed by atoms with Crippen molar-refractivity contribution in [2.45, 2.75) is 30.8 Å². The molecule has 0 spiro atoms. The second kappa shape index (κ2) is 10.4. The van der Waals surface area contributed by atoms with Crippen LogP contribution in [-0.4, -0.2) is 57.0 Å². The lowest BCUT2D eigenvalue weighted by Gasteiger charge is -2.37. The molecule has 2 aromatic heterocycles. The molecule has 2 aromatic carbocycles. The van der Waals surface area contributed by atoms with Gasteiger partial charge < -0.3 is 14.2 Å². The van der Waals surface area contributed by atoms with Gasteiger partial charge in [-0.2, -0.15) is 0 Å². The van der Waals surface area contributed by atoms with Crippen LogP contribution in [0.1, 0.15) is 18.2 Å². The number of piperazine rings is 1. The molecule has 35 heavy (non-hydrogen) atoms. The summed E-state index contributed by atoms with van der Waals surface area (Å²) in [5.74, 6) is 1.68. The lowest BCUT2D eigenvalue weighted by Crippen LogP contribution is -2.50. The molecule has 0 radical (unpaired) electrons. The Labute approximate surface area is 209 Å². The van der Waals surface area contributed by atoms with Crippen LogP contribution in [-0.2, 0) is 11.3 Å². The number of carbonyl (C=O) groups is 1. The molecular formula is C27H29N5O2S. The van der Waals surface area contributed by atoms with Crippen molar-refractivity contribution in [3.05, 3.63) is 84.3 Å². The first-order valence-corrected chi connectivity index (χ1v) is 12.7. The molecule has 7 nitrogen and oxygen atoms in total. The molecule has 180 valence electrons. The first kappa shape index (κ1) is 23.2. The molecular weight excluding hydrogens is 458 g/mol. The van der Waals surface area contributed by atoms with E-state index in [0.717, 1.165) is 54.0 Å². The number of para-hydroxylation sites is 1. The summed E-state index contributed by atoms with van der Waals surface area (Å²) in [7, 11) is 0. The van der Waals surface area contributed by atoms with E-state index in [0.29, 0.717) is 6.54 Å². The summed E-state index contributed by atoms with van der Waals surface area (Å²) in [4.78, 5) is 17.6. The summed E-state index contributed by atoms with van der Waals surface area (Å²) in [5.41, 5.74) is 3.27. The maximum Gasteiger partial charge on any atom is 0.236 e. The predicted molar refractivity (Wildman–Crippen MR) is 139 cm³/mol. The van der Waals surface area contributed by atoms with E-state index >= 15 is 0 Å². The Bertz CT molecular complexity index is 1260. The summed E-state index contributed by atoms with van der Waals surface area (Å²) in [5, 5.41) is 9.43. The molecule has 0 N–H and O–H groups in total. The monoisotopic (exact) mass is 487 g/mol. The molecule has 0 unspecified atom stereocenters. The van der Waals surface area contributed by atoms with Crippen LogP contribution >= 0.6 is 11.8 Å². The fourth-order valence-electron chi connectivity index (χ4n) is 4.39. The molecule has 3 heterocycles. The lowest BCUT2D eigenvalue weighted by molar-refractivity contribution is -0.130. The highest BCUT2D eigenvalue weighted by atomic mass is 32.2. The SMILES string of the molecule is Cc1occc1-c1nnc(S[C@H](C)C(=O)N2CCN(c3ccccc3)CC2)n1Cc1ccccc1. The molecule has 1 saturated heterocycles. The van der Waals surface area contributed by atoms with Gasteiger partial charge in [-0.15, -0.1) is 10.2 Å². The van der Waals surface area contributed by atoms with Crippen LogP contribution < -0.4 is 4.90 Å². The van der Waals surface area contributed by atoms with E-state index in [-0.39, 0.29) is 11.2 Å². The first-order chi connectivity index (χ1) is 17.1. The number of thioether (sulfide) groups is 1. The van der Waals surface area contributed by atoms with E-state index in [9.17, 15) is 4.79 Å². The van der Waals surface area contributed by atoms with Gasteiger partial charge in [-0.05, 0) is 37.6 Å². The Morgan fingerprint density at radius 1 is 0.971 bits per heavy atom. The minimum atomic E-state index is -0.268. The maximum absolute atomic E-state index is 13.3. The first-order valence-electron chi connectivity index (χ1n) is 11.9. The molecule has 1 amide bonds. The van der Waals surface area contributed by atoms with Crippen molar-refractivity contribution in [2.75, 3.05) is 31.1 Å². The zero-order valence-electron chi connectivity index (χ0n) is 20.0. The smallest absolute Gasteiger partial charge is 0.236 e. The van der Waals surface area contributed by atoms with Gasteiger partial charge in [-0.1, -0.05) is 60.3 Å². The molecule has 0 bridgehead atoms. The van der Waals surface area contributed by atoms with Crippen molar-refractivity contribution >= 4 is 23.4 Å². The molecule has 0 saturated carbocycles. The van der Waals surface area contributed by atoms with Crippen molar-refractivity contribution in [3.63, 3.8) is 0 Å². The average Bonchev–Trinajstić information content (AvgIpc) is 3.50. The Balaban J connectivity index is 1.31. The van der Waals surface area contributed by atoms with Crippen LogP contribution in [0, 0.1) is 6.92 Å². The Morgan fingerprint density at radius 2 is 1.66 bits per heavy atom. The lowest BCUT2D eigenvalue weighted by atomic mass is 10.2. The summed E-state index contributed by atoms with van der Waals surface area (Å²) in [6.45, 7) is 7.60. The third-order valence-corrected chi connectivity index (χ3v) is 7.41. The summed E-state index contributed by atoms with van der Waals surface area (Å²) >= 11 is 1.47. The summed E-state index contributed by atoms with van der Waals surface area (Å²) < 4.78 is 7.60. The van der Waals surface area contributed by atoms with E-state index < -0.39 is 0 Å². The Morgan fingerprint density at radius 3 is 2.31 bits per heavy atom. The molecule has 1 aliphatic rings. The minimum absolute atomic E-state index is 0.137. The number of carbonyl (C=O) groups excluding carboxylic acids is 1. The number of furan rings is 1. The van der Waals surface area contributed by atoms with Gasteiger partial charge in [0, 0.05) is 31.9 Å². The summed E-state index contributed by atoms with van der Waals surface area (Å²) in [6, 6.07) is 22.5. The zero-order chi connectivity index (χ0) is 24.2. The third kappa shape index (κ3) is 5.12. The quantitative estimate of drug-likeness (QED) is 0.351. The number of anilines is 1. The second-order valence-corrected chi connectivity index (χ2v) is 9.98. The largest absolute Gasteiger partial charge is 0.469 e. The van der Waals surface area contributed by atoms with Gasteiger partial charge in [-0.3, -0.25) is 9.36 Å². The number of nitrogens with zero attached hydrogens (tertiary/aromatic N) is 5. The third-order valence-electron chi connectivity index (χ3n) is 6.34. The molecule has 5 rings (SSSR count). The van der Waals surface area contributed by atoms with E-state index in [1.165, 1.54) is 17.4 Å². The highest BCUT2D eigenvalue weighted by Gasteiger charge is 2.28. The fourth-order valence-corrected chi connectivity index (χ4v) is 5.32. The highest BCUT2D eigenvalue weighted by Crippen LogP contribution is 2.30. The number of hydrogen-bond acceptors (Lipinski definition) is 6. The van der Waals surface area contributed by atoms with Crippen LogP contribution in [0.15, 0.2) is 82.6 Å². The van der Waals surface area contributed by atoms with Crippen LogP contribution in [0.2, 0.25) is 0 Å². The van der Waals surface area contributed by atoms with Gasteiger partial charge in [0.2, 0.25) is 5.91 Å². The highest BCUT2D eigenvalue weighted by molar-refractivity contribution is 8.00. The summed E-state index contributed by atoms with van der Waals surface area (Å²) in [6.07, 6.45) is 1.67. The molecule has 1 aliphatic heterocycles. The van der Waals surface area contributed by atoms with Gasteiger partial charge in [0.1, 0.15) is 5.76 Å². The number of aryl methyl sites for hydroxylation is 1. The van der Waals surface area contributed by atoms with Crippen molar-refractivity contribution in [1.82, 2.24) is 19.7 Å². The zero-order valence-corrected chi connectivity index (χ0v) is 20.8. The van der Waals surface area contributed by atoms with Crippen molar-refractivity contribution < 1.29 is 9.21 Å². The Hall–Kier alpha value is -3.52. The van der Waals surface area contributed by atoms with Gasteiger partial charge in [0.05, 0.1) is 23.6 Å². The number of benzene rings is 2. The van der Waals surface area contributed by atoms with E-state index in [2.05, 4.69) is 56.1 Å². The van der Waals surface area contributed by atoms with E-state index in [1.807, 2.05) is 49.1 Å². The predicted octanol–water partition coefficient (Wildman–Crippen LogP) is 4.72. The van der Waals surface area contributed by atoms with Crippen LogP contribution in [0.3, 0.4) is 0 Å². The Kier molecular flexibility index (Phi) is 6.90. The average molecular weight is 488 g/mol. The van der Waals surface area contributed by atoms with Crippen LogP contribution in [0.4, 0.5) is 5.69 Å². The van der Waals surface area contributed by atoms with Gasteiger partial charge in [-0.25, -0.2) is 0 Å². The van der Waals surface area contributed by atoms with Crippen LogP contribution in [0.25, 0.3) is 11.4 Å². The van der Waals surface area contributed by atoms with Crippen LogP contribution in [0.5, 0.6) is 0 Å². The minimum Gasteiger partial charge on any atom is -0.469 e. The van der Waals surface area contributed by atoms with Gasteiger partial charge in [0.25, 0.3) is 0 Å². The molecule has 0 aliphatic carbocycles. The fraction of sp³-hybridized carbons (Fsp3) is 0.296. The van der Waals surface area contributed by atoms with E-state index in [4.69, 9.17) is 4.42 Å². The topological polar surface area (TPSA) is 67.4 Å². The van der Waals surface area contributed by atoms with Crippen molar-refractivity contribution in [1.29, 1.82) is 0 Å². The van der Waals surface area contributed by atoms with Gasteiger partial charge in [0.15, 0.2) is 11.0 Å². The number of aromatic nitrogens is 3. The normalized spacial score (nSPS) is 14.8.